The maximum atomic E-state index is 15.6. The molecule has 0 radical (unpaired) electrons. The van der Waals surface area contributed by atoms with E-state index in [0.717, 1.165) is 25.0 Å². The number of para-hydroxylation sites is 1. The SMILES string of the molecule is COc1ccc(C(NC(=O)OC(C)(C)C)C(=O)NC(Cc2cccc(C(=O)OC(C)(C)C)c2OC)B2O[C@@H]3C[C@@H]4C[C@@H](C4(C)C)[C@]3(C)O2)c(F)c1F. The van der Waals surface area contributed by atoms with Crippen molar-refractivity contribution in [2.24, 2.45) is 17.3 Å². The molecular formula is C38H51BF2N2O9. The van der Waals surface area contributed by atoms with E-state index in [1.54, 1.807) is 59.7 Å². The van der Waals surface area contributed by atoms with E-state index in [1.807, 2.05) is 6.92 Å². The van der Waals surface area contributed by atoms with Crippen LogP contribution in [0.3, 0.4) is 0 Å². The van der Waals surface area contributed by atoms with Crippen LogP contribution in [0.4, 0.5) is 13.6 Å². The van der Waals surface area contributed by atoms with E-state index in [4.69, 9.17) is 28.3 Å². The van der Waals surface area contributed by atoms with Crippen LogP contribution < -0.4 is 20.1 Å². The zero-order chi connectivity index (χ0) is 38.6. The fraction of sp³-hybridized carbons (Fsp3) is 0.605. The molecule has 11 nitrogen and oxygen atoms in total. The molecule has 284 valence electrons. The number of esters is 1. The van der Waals surface area contributed by atoms with Crippen molar-refractivity contribution in [2.45, 2.75) is 116 Å². The first-order chi connectivity index (χ1) is 24.1. The average Bonchev–Trinajstić information content (AvgIpc) is 3.40. The second-order valence-electron chi connectivity index (χ2n) is 16.7. The zero-order valence-electron chi connectivity index (χ0n) is 31.9. The molecule has 14 heteroatoms. The van der Waals surface area contributed by atoms with Gasteiger partial charge in [0, 0.05) is 5.56 Å². The molecule has 3 aliphatic carbocycles. The Morgan fingerprint density at radius 2 is 1.60 bits per heavy atom. The molecule has 52 heavy (non-hydrogen) atoms. The normalized spacial score (nSPS) is 24.5. The first-order valence-corrected chi connectivity index (χ1v) is 17.6. The van der Waals surface area contributed by atoms with Gasteiger partial charge in [-0.15, -0.1) is 0 Å². The van der Waals surface area contributed by atoms with Crippen LogP contribution in [0.15, 0.2) is 30.3 Å². The summed E-state index contributed by atoms with van der Waals surface area (Å²) in [6.07, 6.45) is 0.499. The van der Waals surface area contributed by atoms with Gasteiger partial charge >= 0.3 is 19.2 Å². The molecule has 1 saturated heterocycles. The molecule has 6 rings (SSSR count). The van der Waals surface area contributed by atoms with Gasteiger partial charge in [0.2, 0.25) is 11.7 Å². The first-order valence-electron chi connectivity index (χ1n) is 17.6. The Bertz CT molecular complexity index is 1710. The Balaban J connectivity index is 1.54. The molecule has 2 aromatic rings. The van der Waals surface area contributed by atoms with E-state index < -0.39 is 71.1 Å². The Morgan fingerprint density at radius 1 is 0.923 bits per heavy atom. The summed E-state index contributed by atoms with van der Waals surface area (Å²) in [5.74, 6) is -4.66. The monoisotopic (exact) mass is 728 g/mol. The summed E-state index contributed by atoms with van der Waals surface area (Å²) >= 11 is 0. The highest BCUT2D eigenvalue weighted by atomic mass is 19.2. The molecule has 2 bridgehead atoms. The van der Waals surface area contributed by atoms with Crippen LogP contribution in [0.1, 0.15) is 103 Å². The van der Waals surface area contributed by atoms with Gasteiger partial charge in [-0.2, -0.15) is 4.39 Å². The number of nitrogens with one attached hydrogen (secondary N) is 2. The maximum absolute atomic E-state index is 15.6. The van der Waals surface area contributed by atoms with Crippen LogP contribution in [0, 0.1) is 28.9 Å². The number of carbonyl (C=O) groups is 3. The lowest BCUT2D eigenvalue weighted by Gasteiger charge is -2.64. The number of alkyl carbamates (subject to hydrolysis) is 1. The summed E-state index contributed by atoms with van der Waals surface area (Å²) < 4.78 is 65.7. The number of carbonyl (C=O) groups excluding carboxylic acids is 3. The molecule has 2 N–H and O–H groups in total. The zero-order valence-corrected chi connectivity index (χ0v) is 31.9. The van der Waals surface area contributed by atoms with Crippen molar-refractivity contribution in [3.8, 4) is 11.5 Å². The molecule has 4 fully saturated rings. The number of rotatable bonds is 10. The predicted molar refractivity (Wildman–Crippen MR) is 189 cm³/mol. The average molecular weight is 729 g/mol. The Kier molecular flexibility index (Phi) is 10.7. The fourth-order valence-corrected chi connectivity index (χ4v) is 7.91. The largest absolute Gasteiger partial charge is 0.496 e. The molecule has 2 unspecified atom stereocenters. The molecule has 2 amide bonds. The molecule has 0 spiro atoms. The predicted octanol–water partition coefficient (Wildman–Crippen LogP) is 6.50. The summed E-state index contributed by atoms with van der Waals surface area (Å²) in [5.41, 5.74) is -2.12. The number of ether oxygens (including phenoxy) is 4. The van der Waals surface area contributed by atoms with Crippen molar-refractivity contribution >= 4 is 25.1 Å². The van der Waals surface area contributed by atoms with E-state index in [2.05, 4.69) is 24.5 Å². The third-order valence-electron chi connectivity index (χ3n) is 10.5. The molecule has 1 aliphatic heterocycles. The van der Waals surface area contributed by atoms with Gasteiger partial charge in [0.25, 0.3) is 0 Å². The first kappa shape index (κ1) is 39.3. The van der Waals surface area contributed by atoms with Gasteiger partial charge in [-0.25, -0.2) is 14.0 Å². The minimum absolute atomic E-state index is 0.0229. The van der Waals surface area contributed by atoms with Crippen LogP contribution in [0.2, 0.25) is 0 Å². The number of amides is 2. The third-order valence-corrected chi connectivity index (χ3v) is 10.5. The quantitative estimate of drug-likeness (QED) is 0.208. The number of methoxy groups -OCH3 is 2. The number of benzene rings is 2. The van der Waals surface area contributed by atoms with Gasteiger partial charge < -0.3 is 38.9 Å². The fourth-order valence-electron chi connectivity index (χ4n) is 7.91. The lowest BCUT2D eigenvalue weighted by Crippen LogP contribution is -2.65. The van der Waals surface area contributed by atoms with E-state index in [9.17, 15) is 14.4 Å². The second kappa shape index (κ2) is 14.1. The van der Waals surface area contributed by atoms with Gasteiger partial charge in [0.05, 0.1) is 31.9 Å². The van der Waals surface area contributed by atoms with E-state index in [0.29, 0.717) is 11.5 Å². The van der Waals surface area contributed by atoms with Crippen molar-refractivity contribution in [1.29, 1.82) is 0 Å². The minimum atomic E-state index is -1.75. The smallest absolute Gasteiger partial charge is 0.482 e. The van der Waals surface area contributed by atoms with Gasteiger partial charge in [-0.05, 0) is 109 Å². The number of hydrogen-bond donors (Lipinski definition) is 2. The minimum Gasteiger partial charge on any atom is -0.496 e. The van der Waals surface area contributed by atoms with Crippen molar-refractivity contribution in [3.05, 3.63) is 58.7 Å². The highest BCUT2D eigenvalue weighted by Crippen LogP contribution is 2.65. The highest BCUT2D eigenvalue weighted by Gasteiger charge is 2.68. The van der Waals surface area contributed by atoms with Gasteiger partial charge in [-0.3, -0.25) is 4.79 Å². The third kappa shape index (κ3) is 7.73. The van der Waals surface area contributed by atoms with Crippen LogP contribution in [0.25, 0.3) is 0 Å². The van der Waals surface area contributed by atoms with E-state index >= 15 is 8.78 Å². The van der Waals surface area contributed by atoms with Crippen molar-refractivity contribution in [1.82, 2.24) is 10.6 Å². The lowest BCUT2D eigenvalue weighted by atomic mass is 9.43. The van der Waals surface area contributed by atoms with Gasteiger partial charge in [0.15, 0.2) is 11.6 Å². The molecule has 3 saturated carbocycles. The second-order valence-corrected chi connectivity index (χ2v) is 16.7. The maximum Gasteiger partial charge on any atom is 0.482 e. The van der Waals surface area contributed by atoms with Crippen LogP contribution >= 0.6 is 0 Å². The van der Waals surface area contributed by atoms with E-state index in [1.165, 1.54) is 14.2 Å². The summed E-state index contributed by atoms with van der Waals surface area (Å²) in [5, 5.41) is 5.33. The number of halogens is 2. The molecule has 2 aromatic carbocycles. The van der Waals surface area contributed by atoms with Crippen molar-refractivity contribution in [2.75, 3.05) is 14.2 Å². The van der Waals surface area contributed by atoms with Crippen LogP contribution in [0.5, 0.6) is 11.5 Å². The molecule has 0 aromatic heterocycles. The Hall–Kier alpha value is -3.91. The standard InChI is InChI=1S/C38H51BF2N2O9/c1-35(2,3)49-33(45)23-14-12-13-20(31(23)48-11)17-27(39-51-26-19-21-18-25(37(21,7)8)38(26,9)52-39)42-32(44)30(43-34(46)50-36(4,5)6)22-15-16-24(47-10)29(41)28(22)40/h12-16,21,25-27,30H,17-19H2,1-11H3,(H,42,44)(H,43,46)/t21-,25-,26+,27?,30?,38-/m0/s1. The molecular weight excluding hydrogens is 677 g/mol. The summed E-state index contributed by atoms with van der Waals surface area (Å²) in [6, 6.07) is 5.57. The topological polar surface area (TPSA) is 131 Å². The van der Waals surface area contributed by atoms with Crippen molar-refractivity contribution < 1.29 is 51.4 Å². The highest BCUT2D eigenvalue weighted by molar-refractivity contribution is 6.48. The molecule has 6 atom stereocenters. The Morgan fingerprint density at radius 3 is 2.19 bits per heavy atom. The van der Waals surface area contributed by atoms with E-state index in [-0.39, 0.29) is 40.9 Å². The molecule has 1 heterocycles. The van der Waals surface area contributed by atoms with Crippen LogP contribution in [-0.2, 0) is 30.0 Å². The Labute approximate surface area is 304 Å². The number of hydrogen-bond acceptors (Lipinski definition) is 9. The molecule has 4 aliphatic rings. The van der Waals surface area contributed by atoms with Gasteiger partial charge in [0.1, 0.15) is 28.6 Å². The van der Waals surface area contributed by atoms with Crippen molar-refractivity contribution in [3.63, 3.8) is 0 Å². The summed E-state index contributed by atoms with van der Waals surface area (Å²) in [7, 11) is 1.61. The van der Waals surface area contributed by atoms with Gasteiger partial charge in [-0.1, -0.05) is 26.0 Å². The van der Waals surface area contributed by atoms with Crippen LogP contribution in [-0.4, -0.2) is 68.2 Å². The summed E-state index contributed by atoms with van der Waals surface area (Å²) in [4.78, 5) is 40.6. The summed E-state index contributed by atoms with van der Waals surface area (Å²) in [6.45, 7) is 16.6. The lowest BCUT2D eigenvalue weighted by molar-refractivity contribution is -0.199.